The number of halogens is 1. The van der Waals surface area contributed by atoms with Crippen LogP contribution in [0.2, 0.25) is 5.02 Å². The lowest BCUT2D eigenvalue weighted by atomic mass is 10.0. The van der Waals surface area contributed by atoms with E-state index in [0.717, 1.165) is 37.1 Å². The molecule has 2 aromatic carbocycles. The van der Waals surface area contributed by atoms with Crippen molar-refractivity contribution in [2.24, 2.45) is 0 Å². The summed E-state index contributed by atoms with van der Waals surface area (Å²) in [4.78, 5) is 15.2. The third-order valence-electron chi connectivity index (χ3n) is 5.59. The molecule has 0 unspecified atom stereocenters. The third kappa shape index (κ3) is 3.51. The second-order valence-electron chi connectivity index (χ2n) is 7.57. The Bertz CT molecular complexity index is 929. The molecule has 0 spiro atoms. The van der Waals surface area contributed by atoms with Gasteiger partial charge in [-0.2, -0.15) is 0 Å². The molecule has 0 radical (unpaired) electrons. The maximum absolute atomic E-state index is 13.4. The first-order chi connectivity index (χ1) is 14.2. The zero-order valence-electron chi connectivity index (χ0n) is 16.0. The van der Waals surface area contributed by atoms with Crippen LogP contribution in [-0.2, 0) is 4.74 Å². The number of carbonyl (C=O) groups excluding carboxylic acids is 1. The quantitative estimate of drug-likeness (QED) is 0.813. The largest absolute Gasteiger partial charge is 0.489 e. The van der Waals surface area contributed by atoms with Crippen molar-refractivity contribution in [2.75, 3.05) is 31.7 Å². The fraction of sp³-hybridized carbons (Fsp3) is 0.409. The van der Waals surface area contributed by atoms with Crippen LogP contribution in [0.25, 0.3) is 0 Å². The fourth-order valence-electron chi connectivity index (χ4n) is 4.16. The maximum atomic E-state index is 13.4. The number of fused-ring (bicyclic) bond motifs is 2. The number of carbonyl (C=O) groups is 1. The zero-order valence-corrected chi connectivity index (χ0v) is 16.8. The van der Waals surface area contributed by atoms with Gasteiger partial charge in [0.05, 0.1) is 29.9 Å². The molecule has 3 aliphatic rings. The van der Waals surface area contributed by atoms with Crippen LogP contribution in [0.15, 0.2) is 36.4 Å². The van der Waals surface area contributed by atoms with E-state index in [9.17, 15) is 4.79 Å². The van der Waals surface area contributed by atoms with Gasteiger partial charge in [0, 0.05) is 30.8 Å². The van der Waals surface area contributed by atoms with Gasteiger partial charge in [0.15, 0.2) is 11.5 Å². The molecule has 1 fully saturated rings. The van der Waals surface area contributed by atoms with Crippen molar-refractivity contribution < 1.29 is 19.0 Å². The van der Waals surface area contributed by atoms with Crippen LogP contribution in [0.3, 0.4) is 0 Å². The standard InChI is InChI=1S/C22H23ClN2O4/c23-17-11-14(12-19-20(17)29-10-4-9-28-19)21-24-18-7-2-1-6-16(18)22(26)25(21)13-15-5-3-8-27-15/h1-2,6-7,11-12,15,21,24H,3-5,8-10,13H2/t15-,21+/m0/s1. The highest BCUT2D eigenvalue weighted by atomic mass is 35.5. The predicted octanol–water partition coefficient (Wildman–Crippen LogP) is 4.25. The zero-order chi connectivity index (χ0) is 19.8. The molecule has 3 aliphatic heterocycles. The summed E-state index contributed by atoms with van der Waals surface area (Å²) in [5, 5.41) is 4.00. The molecule has 0 aromatic heterocycles. The van der Waals surface area contributed by atoms with Gasteiger partial charge >= 0.3 is 0 Å². The van der Waals surface area contributed by atoms with Crippen LogP contribution in [0, 0.1) is 0 Å². The molecule has 5 rings (SSSR count). The highest BCUT2D eigenvalue weighted by molar-refractivity contribution is 6.32. The molecule has 2 aromatic rings. The number of nitrogens with one attached hydrogen (secondary N) is 1. The summed E-state index contributed by atoms with van der Waals surface area (Å²) in [6.07, 6.45) is 2.47. The van der Waals surface area contributed by atoms with Gasteiger partial charge < -0.3 is 24.4 Å². The summed E-state index contributed by atoms with van der Waals surface area (Å²) < 4.78 is 17.4. The van der Waals surface area contributed by atoms with Gasteiger partial charge in [-0.25, -0.2) is 0 Å². The number of rotatable bonds is 3. The van der Waals surface area contributed by atoms with Crippen molar-refractivity contribution in [3.8, 4) is 11.5 Å². The lowest BCUT2D eigenvalue weighted by molar-refractivity contribution is 0.0426. The molecule has 1 saturated heterocycles. The Balaban J connectivity index is 1.55. The molecular formula is C22H23ClN2O4. The average molecular weight is 415 g/mol. The van der Waals surface area contributed by atoms with Gasteiger partial charge in [-0.05, 0) is 37.1 Å². The van der Waals surface area contributed by atoms with Crippen molar-refractivity contribution in [1.29, 1.82) is 0 Å². The molecule has 1 N–H and O–H groups in total. The summed E-state index contributed by atoms with van der Waals surface area (Å²) in [6, 6.07) is 11.4. The molecule has 3 heterocycles. The van der Waals surface area contributed by atoms with E-state index < -0.39 is 0 Å². The lowest BCUT2D eigenvalue weighted by Gasteiger charge is -2.39. The molecule has 152 valence electrons. The number of benzene rings is 2. The average Bonchev–Trinajstić information content (AvgIpc) is 3.12. The van der Waals surface area contributed by atoms with E-state index in [0.29, 0.717) is 41.8 Å². The number of hydrogen-bond donors (Lipinski definition) is 1. The predicted molar refractivity (Wildman–Crippen MR) is 110 cm³/mol. The van der Waals surface area contributed by atoms with Gasteiger partial charge in [0.1, 0.15) is 6.17 Å². The second kappa shape index (κ2) is 7.76. The summed E-state index contributed by atoms with van der Waals surface area (Å²) >= 11 is 6.53. The Labute approximate surface area is 174 Å². The first kappa shape index (κ1) is 18.6. The van der Waals surface area contributed by atoms with E-state index in [4.69, 9.17) is 25.8 Å². The number of hydrogen-bond acceptors (Lipinski definition) is 5. The second-order valence-corrected chi connectivity index (χ2v) is 7.97. The molecule has 1 amide bonds. The minimum absolute atomic E-state index is 0.0110. The number of amides is 1. The fourth-order valence-corrected chi connectivity index (χ4v) is 4.43. The van der Waals surface area contributed by atoms with Crippen LogP contribution in [0.4, 0.5) is 5.69 Å². The van der Waals surface area contributed by atoms with E-state index in [-0.39, 0.29) is 18.2 Å². The maximum Gasteiger partial charge on any atom is 0.257 e. The number of nitrogens with zero attached hydrogens (tertiary/aromatic N) is 1. The first-order valence-electron chi connectivity index (χ1n) is 10.1. The summed E-state index contributed by atoms with van der Waals surface area (Å²) in [7, 11) is 0. The van der Waals surface area contributed by atoms with E-state index in [2.05, 4.69) is 5.32 Å². The van der Waals surface area contributed by atoms with E-state index in [1.807, 2.05) is 41.3 Å². The molecule has 7 heteroatoms. The van der Waals surface area contributed by atoms with Crippen LogP contribution in [-0.4, -0.2) is 43.3 Å². The topological polar surface area (TPSA) is 60.0 Å². The summed E-state index contributed by atoms with van der Waals surface area (Å²) in [5.74, 6) is 1.18. The number of anilines is 1. The Morgan fingerprint density at radius 3 is 2.83 bits per heavy atom. The number of para-hydroxylation sites is 1. The highest BCUT2D eigenvalue weighted by Gasteiger charge is 2.36. The Morgan fingerprint density at radius 1 is 1.10 bits per heavy atom. The van der Waals surface area contributed by atoms with E-state index in [1.165, 1.54) is 0 Å². The van der Waals surface area contributed by atoms with Gasteiger partial charge in [-0.1, -0.05) is 23.7 Å². The monoisotopic (exact) mass is 414 g/mol. The smallest absolute Gasteiger partial charge is 0.257 e. The summed E-state index contributed by atoms with van der Waals surface area (Å²) in [6.45, 7) is 2.42. The van der Waals surface area contributed by atoms with Crippen molar-refractivity contribution >= 4 is 23.2 Å². The van der Waals surface area contributed by atoms with Crippen molar-refractivity contribution in [1.82, 2.24) is 4.90 Å². The Hall–Kier alpha value is -2.44. The Morgan fingerprint density at radius 2 is 1.97 bits per heavy atom. The van der Waals surface area contributed by atoms with Crippen LogP contribution in [0.5, 0.6) is 11.5 Å². The minimum Gasteiger partial charge on any atom is -0.489 e. The van der Waals surface area contributed by atoms with Gasteiger partial charge in [-0.15, -0.1) is 0 Å². The molecule has 2 atom stereocenters. The van der Waals surface area contributed by atoms with Crippen molar-refractivity contribution in [3.05, 3.63) is 52.5 Å². The molecule has 0 saturated carbocycles. The van der Waals surface area contributed by atoms with Crippen LogP contribution >= 0.6 is 11.6 Å². The van der Waals surface area contributed by atoms with Crippen LogP contribution in [0.1, 0.15) is 41.3 Å². The molecule has 29 heavy (non-hydrogen) atoms. The van der Waals surface area contributed by atoms with E-state index >= 15 is 0 Å². The molecule has 0 aliphatic carbocycles. The SMILES string of the molecule is O=C1c2ccccc2N[C@@H](c2cc(Cl)c3c(c2)OCCCO3)N1C[C@@H]1CCCO1. The van der Waals surface area contributed by atoms with Gasteiger partial charge in [-0.3, -0.25) is 4.79 Å². The van der Waals surface area contributed by atoms with E-state index in [1.54, 1.807) is 0 Å². The highest BCUT2D eigenvalue weighted by Crippen LogP contribution is 2.42. The van der Waals surface area contributed by atoms with Gasteiger partial charge in [0.25, 0.3) is 5.91 Å². The van der Waals surface area contributed by atoms with Crippen molar-refractivity contribution in [2.45, 2.75) is 31.5 Å². The molecule has 0 bridgehead atoms. The first-order valence-corrected chi connectivity index (χ1v) is 10.5. The third-order valence-corrected chi connectivity index (χ3v) is 5.87. The molecular weight excluding hydrogens is 392 g/mol. The van der Waals surface area contributed by atoms with Gasteiger partial charge in [0.2, 0.25) is 0 Å². The normalized spacial score (nSPS) is 23.3. The number of ether oxygens (including phenoxy) is 3. The minimum atomic E-state index is -0.365. The molecule has 6 nitrogen and oxygen atoms in total. The van der Waals surface area contributed by atoms with Crippen molar-refractivity contribution in [3.63, 3.8) is 0 Å². The van der Waals surface area contributed by atoms with Crippen LogP contribution < -0.4 is 14.8 Å². The Kier molecular flexibility index (Phi) is 4.97. The summed E-state index contributed by atoms with van der Waals surface area (Å²) in [5.41, 5.74) is 2.34. The lowest BCUT2D eigenvalue weighted by Crippen LogP contribution is -2.46.